The van der Waals surface area contributed by atoms with Crippen LogP contribution in [-0.4, -0.2) is 15.2 Å². The fraction of sp³-hybridized carbons (Fsp3) is 0.125. The molecule has 0 aliphatic rings. The van der Waals surface area contributed by atoms with Crippen LogP contribution in [0.3, 0.4) is 0 Å². The fourth-order valence-corrected chi connectivity index (χ4v) is 2.19. The lowest BCUT2D eigenvalue weighted by Crippen LogP contribution is -2.04. The van der Waals surface area contributed by atoms with Crippen LogP contribution in [0.5, 0.6) is 0 Å². The third-order valence-corrected chi connectivity index (χ3v) is 3.38. The van der Waals surface area contributed by atoms with Crippen LogP contribution < -0.4 is 0 Å². The minimum absolute atomic E-state index is 0.0545. The number of aromatic nitrogens is 3. The molecule has 9 heteroatoms. The van der Waals surface area contributed by atoms with Crippen LogP contribution in [0.4, 0.5) is 26.3 Å². The molecule has 0 atom stereocenters. The Hall–Kier alpha value is -2.84. The number of hydrogen-bond donors (Lipinski definition) is 1. The average Bonchev–Trinajstić information content (AvgIpc) is 3.05. The van der Waals surface area contributed by atoms with Crippen molar-refractivity contribution >= 4 is 0 Å². The van der Waals surface area contributed by atoms with E-state index in [1.54, 1.807) is 0 Å². The summed E-state index contributed by atoms with van der Waals surface area (Å²) in [6.07, 6.45) is -9.08. The minimum atomic E-state index is -4.58. The molecule has 3 nitrogen and oxygen atoms in total. The van der Waals surface area contributed by atoms with Gasteiger partial charge < -0.3 is 0 Å². The molecule has 0 unspecified atom stereocenters. The number of alkyl halides is 6. The van der Waals surface area contributed by atoms with Crippen molar-refractivity contribution < 1.29 is 26.3 Å². The maximum Gasteiger partial charge on any atom is 0.432 e. The lowest BCUT2D eigenvalue weighted by atomic mass is 10.1. The van der Waals surface area contributed by atoms with E-state index in [-0.39, 0.29) is 22.6 Å². The zero-order chi connectivity index (χ0) is 18.2. The standard InChI is InChI=1S/C16H9F6N3/c17-15(18,19)10-4-1-3-9(7-10)11-5-2-6-12(23-11)13-8-14(25-24-13)16(20,21)22/h1-8H,(H,24,25). The molecule has 0 aliphatic heterocycles. The summed E-state index contributed by atoms with van der Waals surface area (Å²) < 4.78 is 76.3. The van der Waals surface area contributed by atoms with Crippen molar-refractivity contribution in [2.75, 3.05) is 0 Å². The van der Waals surface area contributed by atoms with Crippen molar-refractivity contribution in [1.82, 2.24) is 15.2 Å². The highest BCUT2D eigenvalue weighted by atomic mass is 19.4. The van der Waals surface area contributed by atoms with E-state index >= 15 is 0 Å². The predicted octanol–water partition coefficient (Wildman–Crippen LogP) is 5.18. The van der Waals surface area contributed by atoms with Crippen molar-refractivity contribution in [3.8, 4) is 22.6 Å². The van der Waals surface area contributed by atoms with Gasteiger partial charge in [-0.05, 0) is 30.3 Å². The molecule has 0 bridgehead atoms. The van der Waals surface area contributed by atoms with Gasteiger partial charge in [0.1, 0.15) is 11.4 Å². The zero-order valence-corrected chi connectivity index (χ0v) is 12.3. The summed E-state index contributed by atoms with van der Waals surface area (Å²) in [5.41, 5.74) is -1.42. The third-order valence-electron chi connectivity index (χ3n) is 3.38. The quantitative estimate of drug-likeness (QED) is 0.643. The molecule has 0 saturated carbocycles. The molecule has 1 N–H and O–H groups in total. The van der Waals surface area contributed by atoms with Crippen molar-refractivity contribution in [3.05, 3.63) is 59.8 Å². The molecule has 0 saturated heterocycles. The van der Waals surface area contributed by atoms with Gasteiger partial charge >= 0.3 is 12.4 Å². The Morgan fingerprint density at radius 3 is 2.04 bits per heavy atom. The van der Waals surface area contributed by atoms with E-state index in [1.165, 1.54) is 30.3 Å². The summed E-state index contributed by atoms with van der Waals surface area (Å²) in [4.78, 5) is 4.11. The Labute approximate surface area is 137 Å². The van der Waals surface area contributed by atoms with Gasteiger partial charge in [-0.25, -0.2) is 4.98 Å². The predicted molar refractivity (Wildman–Crippen MR) is 77.3 cm³/mol. The van der Waals surface area contributed by atoms with E-state index in [0.29, 0.717) is 0 Å². The first kappa shape index (κ1) is 17.0. The molecule has 3 aromatic rings. The topological polar surface area (TPSA) is 41.6 Å². The summed E-state index contributed by atoms with van der Waals surface area (Å²) in [6, 6.07) is 9.70. The molecule has 25 heavy (non-hydrogen) atoms. The maximum absolute atomic E-state index is 12.8. The first-order valence-corrected chi connectivity index (χ1v) is 6.92. The number of nitrogens with one attached hydrogen (secondary N) is 1. The number of pyridine rings is 1. The van der Waals surface area contributed by atoms with E-state index in [0.717, 1.165) is 18.2 Å². The van der Waals surface area contributed by atoms with Crippen LogP contribution in [0, 0.1) is 0 Å². The van der Waals surface area contributed by atoms with Gasteiger partial charge in [0.2, 0.25) is 0 Å². The number of H-pyrrole nitrogens is 1. The molecule has 0 radical (unpaired) electrons. The molecule has 0 spiro atoms. The van der Waals surface area contributed by atoms with Gasteiger partial charge in [-0.2, -0.15) is 31.4 Å². The number of aromatic amines is 1. The molecule has 130 valence electrons. The zero-order valence-electron chi connectivity index (χ0n) is 12.3. The normalized spacial score (nSPS) is 12.4. The van der Waals surface area contributed by atoms with Crippen LogP contribution in [0.2, 0.25) is 0 Å². The second-order valence-electron chi connectivity index (χ2n) is 5.15. The highest BCUT2D eigenvalue weighted by Gasteiger charge is 2.33. The van der Waals surface area contributed by atoms with Crippen molar-refractivity contribution in [2.45, 2.75) is 12.4 Å². The monoisotopic (exact) mass is 357 g/mol. The van der Waals surface area contributed by atoms with Crippen LogP contribution in [0.1, 0.15) is 11.3 Å². The lowest BCUT2D eigenvalue weighted by molar-refractivity contribution is -0.141. The molecular formula is C16H9F6N3. The van der Waals surface area contributed by atoms with Crippen molar-refractivity contribution in [1.29, 1.82) is 0 Å². The van der Waals surface area contributed by atoms with Gasteiger partial charge in [0, 0.05) is 5.56 Å². The Balaban J connectivity index is 1.99. The number of rotatable bonds is 2. The van der Waals surface area contributed by atoms with Crippen LogP contribution in [0.25, 0.3) is 22.6 Å². The molecular weight excluding hydrogens is 348 g/mol. The van der Waals surface area contributed by atoms with Crippen molar-refractivity contribution in [2.24, 2.45) is 0 Å². The van der Waals surface area contributed by atoms with Gasteiger partial charge in [0.05, 0.1) is 17.0 Å². The molecule has 3 rings (SSSR count). The van der Waals surface area contributed by atoms with E-state index in [4.69, 9.17) is 0 Å². The molecule has 0 fully saturated rings. The first-order chi connectivity index (χ1) is 11.6. The Kier molecular flexibility index (Phi) is 4.02. The van der Waals surface area contributed by atoms with Crippen LogP contribution >= 0.6 is 0 Å². The molecule has 2 aromatic heterocycles. The van der Waals surface area contributed by atoms with E-state index in [1.807, 2.05) is 5.10 Å². The largest absolute Gasteiger partial charge is 0.432 e. The summed E-state index contributed by atoms with van der Waals surface area (Å²) in [5.74, 6) is 0. The van der Waals surface area contributed by atoms with Gasteiger partial charge in [-0.1, -0.05) is 18.2 Å². The smallest absolute Gasteiger partial charge is 0.273 e. The number of hydrogen-bond acceptors (Lipinski definition) is 2. The minimum Gasteiger partial charge on any atom is -0.273 e. The second kappa shape index (κ2) is 5.91. The number of benzene rings is 1. The van der Waals surface area contributed by atoms with Crippen LogP contribution in [0.15, 0.2) is 48.5 Å². The Morgan fingerprint density at radius 2 is 1.40 bits per heavy atom. The SMILES string of the molecule is FC(F)(F)c1cccc(-c2cccc(-c3cc(C(F)(F)F)[nH]n3)n2)c1. The third kappa shape index (κ3) is 3.65. The number of nitrogens with zero attached hydrogens (tertiary/aromatic N) is 2. The van der Waals surface area contributed by atoms with Gasteiger partial charge in [-0.15, -0.1) is 0 Å². The summed E-state index contributed by atoms with van der Waals surface area (Å²) in [5, 5.41) is 5.43. The first-order valence-electron chi connectivity index (χ1n) is 6.92. The average molecular weight is 357 g/mol. The van der Waals surface area contributed by atoms with Gasteiger partial charge in [0.15, 0.2) is 0 Å². The van der Waals surface area contributed by atoms with Crippen LogP contribution in [-0.2, 0) is 12.4 Å². The number of halogens is 6. The lowest BCUT2D eigenvalue weighted by Gasteiger charge is -2.09. The Bertz CT molecular complexity index is 895. The van der Waals surface area contributed by atoms with E-state index in [9.17, 15) is 26.3 Å². The van der Waals surface area contributed by atoms with Gasteiger partial charge in [-0.3, -0.25) is 5.10 Å². The maximum atomic E-state index is 12.8. The second-order valence-corrected chi connectivity index (χ2v) is 5.15. The molecule has 1 aromatic carbocycles. The molecule has 0 aliphatic carbocycles. The Morgan fingerprint density at radius 1 is 0.720 bits per heavy atom. The molecule has 2 heterocycles. The summed E-state index contributed by atoms with van der Waals surface area (Å²) >= 11 is 0. The highest BCUT2D eigenvalue weighted by molar-refractivity contribution is 5.65. The van der Waals surface area contributed by atoms with Crippen molar-refractivity contribution in [3.63, 3.8) is 0 Å². The van der Waals surface area contributed by atoms with E-state index < -0.39 is 23.6 Å². The summed E-state index contributed by atoms with van der Waals surface area (Å²) in [6.45, 7) is 0. The fourth-order valence-electron chi connectivity index (χ4n) is 2.19. The van der Waals surface area contributed by atoms with E-state index in [2.05, 4.69) is 10.1 Å². The molecule has 0 amide bonds. The van der Waals surface area contributed by atoms with Gasteiger partial charge in [0.25, 0.3) is 0 Å². The highest BCUT2D eigenvalue weighted by Crippen LogP contribution is 2.33. The summed E-state index contributed by atoms with van der Waals surface area (Å²) in [7, 11) is 0.